The van der Waals surface area contributed by atoms with E-state index >= 15 is 0 Å². The molecule has 162 valence electrons. The van der Waals surface area contributed by atoms with Gasteiger partial charge >= 0.3 is 0 Å². The van der Waals surface area contributed by atoms with Gasteiger partial charge < -0.3 is 4.90 Å². The molecule has 0 aliphatic rings. The van der Waals surface area contributed by atoms with E-state index in [2.05, 4.69) is 64.2 Å². The Labute approximate surface area is 178 Å². The van der Waals surface area contributed by atoms with Crippen molar-refractivity contribution in [3.63, 3.8) is 0 Å². The predicted octanol–water partition coefficient (Wildman–Crippen LogP) is 6.80. The first kappa shape index (κ1) is 23.7. The van der Waals surface area contributed by atoms with Crippen LogP contribution in [0.2, 0.25) is 0 Å². The molecule has 0 saturated heterocycles. The maximum absolute atomic E-state index is 13.1. The minimum Gasteiger partial charge on any atom is -0.309 e. The number of para-hydroxylation sites is 1. The van der Waals surface area contributed by atoms with Crippen molar-refractivity contribution in [1.29, 1.82) is 0 Å². The third-order valence-electron chi connectivity index (χ3n) is 6.31. The Bertz CT molecular complexity index is 746. The fourth-order valence-corrected chi connectivity index (χ4v) is 4.01. The van der Waals surface area contributed by atoms with Crippen molar-refractivity contribution in [2.45, 2.75) is 78.6 Å². The van der Waals surface area contributed by atoms with Crippen LogP contribution >= 0.6 is 0 Å². The standard InChI is InChI=1S/C26H42N2O/c1-6-21(2)14-10-8-7-9-11-15-22(3)26(29)28-20-23(18-19-27(4)5)24-16-12-13-17-25(24)28/h12-13,16-17,20-22H,6-11,14-15,18-19H2,1-5H3. The van der Waals surface area contributed by atoms with Crippen LogP contribution in [-0.2, 0) is 6.42 Å². The molecule has 2 aromatic rings. The first-order chi connectivity index (χ1) is 13.9. The maximum Gasteiger partial charge on any atom is 0.233 e. The van der Waals surface area contributed by atoms with Gasteiger partial charge in [-0.25, -0.2) is 0 Å². The second kappa shape index (κ2) is 12.2. The highest BCUT2D eigenvalue weighted by atomic mass is 16.2. The summed E-state index contributed by atoms with van der Waals surface area (Å²) in [5.74, 6) is 1.19. The van der Waals surface area contributed by atoms with Gasteiger partial charge in [-0.2, -0.15) is 0 Å². The number of carbonyl (C=O) groups is 1. The molecule has 1 aromatic carbocycles. The van der Waals surface area contributed by atoms with E-state index in [0.29, 0.717) is 0 Å². The molecule has 1 heterocycles. The summed E-state index contributed by atoms with van der Waals surface area (Å²) < 4.78 is 1.91. The molecule has 29 heavy (non-hydrogen) atoms. The second-order valence-corrected chi connectivity index (χ2v) is 9.19. The monoisotopic (exact) mass is 398 g/mol. The molecular weight excluding hydrogens is 356 g/mol. The van der Waals surface area contributed by atoms with Gasteiger partial charge in [-0.3, -0.25) is 9.36 Å². The van der Waals surface area contributed by atoms with Gasteiger partial charge in [0.1, 0.15) is 0 Å². The summed E-state index contributed by atoms with van der Waals surface area (Å²) in [6.45, 7) is 7.72. The van der Waals surface area contributed by atoms with Gasteiger partial charge in [0.2, 0.25) is 5.91 Å². The molecule has 0 saturated carbocycles. The van der Waals surface area contributed by atoms with Crippen LogP contribution in [0.4, 0.5) is 0 Å². The third-order valence-corrected chi connectivity index (χ3v) is 6.31. The van der Waals surface area contributed by atoms with E-state index in [0.717, 1.165) is 37.2 Å². The molecule has 0 amide bonds. The molecule has 0 aliphatic heterocycles. The van der Waals surface area contributed by atoms with Crippen molar-refractivity contribution >= 4 is 16.8 Å². The van der Waals surface area contributed by atoms with E-state index in [4.69, 9.17) is 0 Å². The Morgan fingerprint density at radius 1 is 1.00 bits per heavy atom. The number of nitrogens with zero attached hydrogens (tertiary/aromatic N) is 2. The lowest BCUT2D eigenvalue weighted by atomic mass is 9.98. The normalized spacial score (nSPS) is 13.9. The molecule has 2 rings (SSSR count). The predicted molar refractivity (Wildman–Crippen MR) is 126 cm³/mol. The number of rotatable bonds is 13. The van der Waals surface area contributed by atoms with E-state index in [1.54, 1.807) is 0 Å². The molecule has 0 N–H and O–H groups in total. The lowest BCUT2D eigenvalue weighted by Gasteiger charge is -2.12. The largest absolute Gasteiger partial charge is 0.309 e. The Balaban J connectivity index is 1.86. The van der Waals surface area contributed by atoms with Gasteiger partial charge in [0.15, 0.2) is 0 Å². The molecule has 3 heteroatoms. The first-order valence-electron chi connectivity index (χ1n) is 11.7. The molecule has 2 atom stereocenters. The van der Waals surface area contributed by atoms with Crippen LogP contribution in [0.25, 0.3) is 10.9 Å². The number of fused-ring (bicyclic) bond motifs is 1. The average molecular weight is 399 g/mol. The first-order valence-corrected chi connectivity index (χ1v) is 11.7. The smallest absolute Gasteiger partial charge is 0.233 e. The number of aromatic nitrogens is 1. The molecule has 0 bridgehead atoms. The summed E-state index contributed by atoms with van der Waals surface area (Å²) in [5.41, 5.74) is 2.33. The number of likely N-dealkylation sites (N-methyl/N-ethyl adjacent to an activating group) is 1. The minimum absolute atomic E-state index is 0.0765. The van der Waals surface area contributed by atoms with E-state index in [9.17, 15) is 4.79 Å². The number of benzene rings is 1. The fraction of sp³-hybridized carbons (Fsp3) is 0.654. The molecule has 0 spiro atoms. The van der Waals surface area contributed by atoms with E-state index in [1.165, 1.54) is 49.5 Å². The van der Waals surface area contributed by atoms with Crippen molar-refractivity contribution in [1.82, 2.24) is 9.47 Å². The zero-order valence-electron chi connectivity index (χ0n) is 19.4. The Morgan fingerprint density at radius 3 is 2.34 bits per heavy atom. The number of carbonyl (C=O) groups excluding carboxylic acids is 1. The van der Waals surface area contributed by atoms with Gasteiger partial charge in [-0.05, 0) is 44.5 Å². The summed E-state index contributed by atoms with van der Waals surface area (Å²) in [5, 5.41) is 1.22. The number of hydrogen-bond donors (Lipinski definition) is 0. The minimum atomic E-state index is 0.0765. The lowest BCUT2D eigenvalue weighted by Crippen LogP contribution is -2.18. The molecule has 2 unspecified atom stereocenters. The summed E-state index contributed by atoms with van der Waals surface area (Å²) in [4.78, 5) is 15.3. The zero-order chi connectivity index (χ0) is 21.2. The Hall–Kier alpha value is -1.61. The summed E-state index contributed by atoms with van der Waals surface area (Å²) in [6.07, 6.45) is 13.1. The quantitative estimate of drug-likeness (QED) is 0.347. The molecule has 0 radical (unpaired) electrons. The van der Waals surface area contributed by atoms with Gasteiger partial charge in [-0.15, -0.1) is 0 Å². The third kappa shape index (κ3) is 7.29. The van der Waals surface area contributed by atoms with Gasteiger partial charge in [0.25, 0.3) is 0 Å². The van der Waals surface area contributed by atoms with Crippen LogP contribution in [0.3, 0.4) is 0 Å². The SMILES string of the molecule is CCC(C)CCCCCCCC(C)C(=O)n1cc(CCN(C)C)c2ccccc21. The molecule has 0 aliphatic carbocycles. The summed E-state index contributed by atoms with van der Waals surface area (Å²) >= 11 is 0. The fourth-order valence-electron chi connectivity index (χ4n) is 4.01. The average Bonchev–Trinajstić information content (AvgIpc) is 3.09. The molecule has 1 aromatic heterocycles. The highest BCUT2D eigenvalue weighted by molar-refractivity contribution is 5.95. The van der Waals surface area contributed by atoms with E-state index in [-0.39, 0.29) is 11.8 Å². The highest BCUT2D eigenvalue weighted by Crippen LogP contribution is 2.24. The topological polar surface area (TPSA) is 25.2 Å². The van der Waals surface area contributed by atoms with Crippen LogP contribution in [-0.4, -0.2) is 36.0 Å². The zero-order valence-corrected chi connectivity index (χ0v) is 19.4. The van der Waals surface area contributed by atoms with Crippen LogP contribution in [0.1, 0.15) is 82.5 Å². The van der Waals surface area contributed by atoms with Crippen molar-refractivity contribution in [3.8, 4) is 0 Å². The van der Waals surface area contributed by atoms with Crippen molar-refractivity contribution in [2.75, 3.05) is 20.6 Å². The van der Waals surface area contributed by atoms with E-state index in [1.807, 2.05) is 10.6 Å². The number of hydrogen-bond acceptors (Lipinski definition) is 2. The van der Waals surface area contributed by atoms with Crippen LogP contribution in [0.5, 0.6) is 0 Å². The van der Waals surface area contributed by atoms with Gasteiger partial charge in [0.05, 0.1) is 5.52 Å². The Kier molecular flexibility index (Phi) is 9.93. The highest BCUT2D eigenvalue weighted by Gasteiger charge is 2.18. The summed E-state index contributed by atoms with van der Waals surface area (Å²) in [7, 11) is 4.19. The molecule has 0 fully saturated rings. The molecular formula is C26H42N2O. The van der Waals surface area contributed by atoms with E-state index < -0.39 is 0 Å². The number of unbranched alkanes of at least 4 members (excludes halogenated alkanes) is 4. The van der Waals surface area contributed by atoms with Crippen LogP contribution < -0.4 is 0 Å². The Morgan fingerprint density at radius 2 is 1.66 bits per heavy atom. The molecule has 3 nitrogen and oxygen atoms in total. The lowest BCUT2D eigenvalue weighted by molar-refractivity contribution is 0.0842. The summed E-state index contributed by atoms with van der Waals surface area (Å²) in [6, 6.07) is 8.33. The van der Waals surface area contributed by atoms with Crippen LogP contribution in [0.15, 0.2) is 30.5 Å². The van der Waals surface area contributed by atoms with Crippen molar-refractivity contribution in [2.24, 2.45) is 11.8 Å². The van der Waals surface area contributed by atoms with Gasteiger partial charge in [-0.1, -0.05) is 83.9 Å². The maximum atomic E-state index is 13.1. The van der Waals surface area contributed by atoms with Crippen molar-refractivity contribution in [3.05, 3.63) is 36.0 Å². The van der Waals surface area contributed by atoms with Gasteiger partial charge in [0, 0.05) is 24.0 Å². The van der Waals surface area contributed by atoms with Crippen LogP contribution in [0, 0.1) is 11.8 Å². The van der Waals surface area contributed by atoms with Crippen molar-refractivity contribution < 1.29 is 4.79 Å². The second-order valence-electron chi connectivity index (χ2n) is 9.19.